The molecule has 2 atom stereocenters. The molecule has 0 amide bonds. The number of nitrogens with zero attached hydrogens (tertiary/aromatic N) is 6. The molecule has 0 aromatic carbocycles. The van der Waals surface area contributed by atoms with Crippen LogP contribution in [0, 0.1) is 5.92 Å². The lowest BCUT2D eigenvalue weighted by atomic mass is 9.92. The summed E-state index contributed by atoms with van der Waals surface area (Å²) >= 11 is 0. The van der Waals surface area contributed by atoms with E-state index in [9.17, 15) is 13.2 Å². The Morgan fingerprint density at radius 2 is 1.86 bits per heavy atom. The molecule has 0 bridgehead atoms. The van der Waals surface area contributed by atoms with Gasteiger partial charge < -0.3 is 14.7 Å². The Morgan fingerprint density at radius 1 is 1.07 bits per heavy atom. The maximum Gasteiger partial charge on any atom is 0.417 e. The number of pyridine rings is 1. The molecule has 2 fully saturated rings. The van der Waals surface area contributed by atoms with Crippen molar-refractivity contribution in [2.24, 2.45) is 5.92 Å². The molecule has 2 aromatic heterocycles. The van der Waals surface area contributed by atoms with Crippen molar-refractivity contribution in [3.63, 3.8) is 0 Å². The topological polar surface area (TPSA) is 48.4 Å². The normalized spacial score (nSPS) is 22.3. The zero-order valence-electron chi connectivity index (χ0n) is 15.9. The number of rotatable bonds is 3. The third-order valence-electron chi connectivity index (χ3n) is 5.60. The second-order valence-corrected chi connectivity index (χ2v) is 7.56. The van der Waals surface area contributed by atoms with Gasteiger partial charge in [-0.3, -0.25) is 0 Å². The van der Waals surface area contributed by atoms with Crippen molar-refractivity contribution < 1.29 is 13.2 Å². The highest BCUT2D eigenvalue weighted by molar-refractivity contribution is 5.47. The molecular weight excluding hydrogens is 369 g/mol. The van der Waals surface area contributed by atoms with Crippen LogP contribution in [0.15, 0.2) is 30.6 Å². The number of anilines is 3. The average molecular weight is 392 g/mol. The monoisotopic (exact) mass is 392 g/mol. The summed E-state index contributed by atoms with van der Waals surface area (Å²) in [6, 6.07) is 4.67. The van der Waals surface area contributed by atoms with Gasteiger partial charge >= 0.3 is 6.18 Å². The van der Waals surface area contributed by atoms with Crippen LogP contribution in [-0.2, 0) is 6.18 Å². The van der Waals surface area contributed by atoms with Gasteiger partial charge in [0.2, 0.25) is 5.95 Å². The SMILES string of the molecule is CN(C)c1ccnc(N2CCC3CCN(c4ccc(C(F)(F)F)cn4)CC32)n1. The second kappa shape index (κ2) is 7.10. The van der Waals surface area contributed by atoms with Crippen LogP contribution in [0.4, 0.5) is 30.8 Å². The van der Waals surface area contributed by atoms with Crippen LogP contribution in [0.25, 0.3) is 0 Å². The summed E-state index contributed by atoms with van der Waals surface area (Å²) in [5.74, 6) is 2.69. The minimum atomic E-state index is -4.37. The van der Waals surface area contributed by atoms with E-state index in [-0.39, 0.29) is 6.04 Å². The average Bonchev–Trinajstić information content (AvgIpc) is 3.10. The van der Waals surface area contributed by atoms with Crippen molar-refractivity contribution in [1.82, 2.24) is 15.0 Å². The zero-order chi connectivity index (χ0) is 19.9. The van der Waals surface area contributed by atoms with E-state index in [1.807, 2.05) is 25.1 Å². The molecule has 6 nitrogen and oxygen atoms in total. The summed E-state index contributed by atoms with van der Waals surface area (Å²) in [4.78, 5) is 19.4. The van der Waals surface area contributed by atoms with Gasteiger partial charge in [0.15, 0.2) is 0 Å². The summed E-state index contributed by atoms with van der Waals surface area (Å²) in [7, 11) is 3.88. The minimum absolute atomic E-state index is 0.232. The van der Waals surface area contributed by atoms with Crippen molar-refractivity contribution in [3.05, 3.63) is 36.2 Å². The molecule has 28 heavy (non-hydrogen) atoms. The first-order chi connectivity index (χ1) is 13.3. The van der Waals surface area contributed by atoms with Crippen LogP contribution in [0.3, 0.4) is 0 Å². The number of aromatic nitrogens is 3. The van der Waals surface area contributed by atoms with Crippen molar-refractivity contribution in [3.8, 4) is 0 Å². The highest BCUT2D eigenvalue weighted by Crippen LogP contribution is 2.36. The zero-order valence-corrected chi connectivity index (χ0v) is 15.9. The lowest BCUT2D eigenvalue weighted by molar-refractivity contribution is -0.137. The summed E-state index contributed by atoms with van der Waals surface area (Å²) in [6.45, 7) is 2.39. The van der Waals surface area contributed by atoms with E-state index in [0.717, 1.165) is 44.0 Å². The van der Waals surface area contributed by atoms with Crippen molar-refractivity contribution in [2.75, 3.05) is 48.4 Å². The largest absolute Gasteiger partial charge is 0.417 e. The maximum atomic E-state index is 12.8. The third-order valence-corrected chi connectivity index (χ3v) is 5.60. The first-order valence-corrected chi connectivity index (χ1v) is 9.38. The molecule has 0 spiro atoms. The first kappa shape index (κ1) is 18.8. The fourth-order valence-electron chi connectivity index (χ4n) is 4.06. The van der Waals surface area contributed by atoms with E-state index in [4.69, 9.17) is 0 Å². The smallest absolute Gasteiger partial charge is 0.363 e. The summed E-state index contributed by atoms with van der Waals surface area (Å²) in [5.41, 5.74) is -0.720. The Bertz CT molecular complexity index is 823. The molecule has 0 aliphatic carbocycles. The third kappa shape index (κ3) is 3.57. The first-order valence-electron chi connectivity index (χ1n) is 9.38. The molecular formula is C19H23F3N6. The molecule has 0 radical (unpaired) electrons. The van der Waals surface area contributed by atoms with Crippen LogP contribution in [-0.4, -0.2) is 54.7 Å². The molecule has 4 heterocycles. The molecule has 2 unspecified atom stereocenters. The van der Waals surface area contributed by atoms with E-state index in [2.05, 4.69) is 24.8 Å². The summed E-state index contributed by atoms with van der Waals surface area (Å²) < 4.78 is 38.4. The Kier molecular flexibility index (Phi) is 4.76. The van der Waals surface area contributed by atoms with E-state index < -0.39 is 11.7 Å². The standard InChI is InChI=1S/C19H23F3N6/c1-26(2)17-5-8-23-18(25-17)28-10-7-13-6-9-27(12-15(13)28)16-4-3-14(11-24-16)19(20,21)22/h3-5,8,11,13,15H,6-7,9-10,12H2,1-2H3. The van der Waals surface area contributed by atoms with Crippen molar-refractivity contribution >= 4 is 17.6 Å². The van der Waals surface area contributed by atoms with Gasteiger partial charge in [-0.1, -0.05) is 0 Å². The lowest BCUT2D eigenvalue weighted by Gasteiger charge is -2.39. The predicted octanol–water partition coefficient (Wildman–Crippen LogP) is 3.06. The van der Waals surface area contributed by atoms with Gasteiger partial charge in [-0.05, 0) is 37.0 Å². The molecule has 2 saturated heterocycles. The molecule has 0 saturated carbocycles. The van der Waals surface area contributed by atoms with Gasteiger partial charge in [-0.2, -0.15) is 18.2 Å². The van der Waals surface area contributed by atoms with Crippen molar-refractivity contribution in [2.45, 2.75) is 25.1 Å². The quantitative estimate of drug-likeness (QED) is 0.800. The molecule has 4 rings (SSSR count). The van der Waals surface area contributed by atoms with Crippen LogP contribution >= 0.6 is 0 Å². The van der Waals surface area contributed by atoms with Gasteiger partial charge in [-0.15, -0.1) is 0 Å². The number of piperidine rings is 1. The van der Waals surface area contributed by atoms with E-state index in [1.54, 1.807) is 6.20 Å². The van der Waals surface area contributed by atoms with Crippen LogP contribution in [0.5, 0.6) is 0 Å². The Hall–Kier alpha value is -2.58. The van der Waals surface area contributed by atoms with Gasteiger partial charge in [0.25, 0.3) is 0 Å². The highest BCUT2D eigenvalue weighted by Gasteiger charge is 2.40. The summed E-state index contributed by atoms with van der Waals surface area (Å²) in [6.07, 6.45) is 0.377. The Balaban J connectivity index is 1.53. The fourth-order valence-corrected chi connectivity index (χ4v) is 4.06. The predicted molar refractivity (Wildman–Crippen MR) is 102 cm³/mol. The maximum absolute atomic E-state index is 12.8. The van der Waals surface area contributed by atoms with Gasteiger partial charge in [0.05, 0.1) is 11.6 Å². The Morgan fingerprint density at radius 3 is 2.54 bits per heavy atom. The minimum Gasteiger partial charge on any atom is -0.363 e. The molecule has 2 aromatic rings. The molecule has 0 N–H and O–H groups in total. The lowest BCUT2D eigenvalue weighted by Crippen LogP contribution is -2.49. The van der Waals surface area contributed by atoms with Crippen LogP contribution < -0.4 is 14.7 Å². The molecule has 2 aliphatic heterocycles. The van der Waals surface area contributed by atoms with Gasteiger partial charge in [0, 0.05) is 46.1 Å². The molecule has 9 heteroatoms. The highest BCUT2D eigenvalue weighted by atomic mass is 19.4. The number of hydrogen-bond acceptors (Lipinski definition) is 6. The molecule has 2 aliphatic rings. The van der Waals surface area contributed by atoms with Gasteiger partial charge in [0.1, 0.15) is 11.6 Å². The van der Waals surface area contributed by atoms with Gasteiger partial charge in [-0.25, -0.2) is 9.97 Å². The fraction of sp³-hybridized carbons (Fsp3) is 0.526. The molecule has 150 valence electrons. The van der Waals surface area contributed by atoms with Crippen molar-refractivity contribution in [1.29, 1.82) is 0 Å². The van der Waals surface area contributed by atoms with Crippen LogP contribution in [0.2, 0.25) is 0 Å². The van der Waals surface area contributed by atoms with Crippen LogP contribution in [0.1, 0.15) is 18.4 Å². The number of alkyl halides is 3. The number of hydrogen-bond donors (Lipinski definition) is 0. The summed E-state index contributed by atoms with van der Waals surface area (Å²) in [5, 5.41) is 0. The number of fused-ring (bicyclic) bond motifs is 1. The Labute approximate surface area is 162 Å². The number of halogens is 3. The van der Waals surface area contributed by atoms with E-state index in [1.165, 1.54) is 6.07 Å². The second-order valence-electron chi connectivity index (χ2n) is 7.56. The van der Waals surface area contributed by atoms with E-state index >= 15 is 0 Å². The van der Waals surface area contributed by atoms with E-state index in [0.29, 0.717) is 24.2 Å².